The van der Waals surface area contributed by atoms with Crippen LogP contribution in [0.3, 0.4) is 0 Å². The highest BCUT2D eigenvalue weighted by Gasteiger charge is 2.10. The van der Waals surface area contributed by atoms with E-state index in [1.165, 1.54) is 0 Å². The minimum atomic E-state index is -0.554. The Morgan fingerprint density at radius 2 is 1.35 bits per heavy atom. The summed E-state index contributed by atoms with van der Waals surface area (Å²) in [6.07, 6.45) is -0.554. The molecular weight excluding hydrogens is 293 g/mol. The fraction of sp³-hybridized carbons (Fsp3) is 0.250. The van der Waals surface area contributed by atoms with Crippen molar-refractivity contribution >= 4 is 23.2 Å². The number of nitrogens with one attached hydrogen (secondary N) is 1. The van der Waals surface area contributed by atoms with Gasteiger partial charge in [-0.1, -0.05) is 47.5 Å². The molecule has 0 bridgehead atoms. The molecule has 0 aromatic heterocycles. The van der Waals surface area contributed by atoms with Gasteiger partial charge in [0.25, 0.3) is 0 Å². The minimum Gasteiger partial charge on any atom is -0.387 e. The Kier molecular flexibility index (Phi) is 5.44. The number of hydrogen-bond donors (Lipinski definition) is 2. The van der Waals surface area contributed by atoms with Crippen LogP contribution in [0.5, 0.6) is 0 Å². The number of hydrogen-bond acceptors (Lipinski definition) is 2. The molecule has 0 spiro atoms. The third-order valence-electron chi connectivity index (χ3n) is 3.24. The molecule has 2 aromatic carbocycles. The van der Waals surface area contributed by atoms with Crippen LogP contribution >= 0.6 is 23.2 Å². The van der Waals surface area contributed by atoms with Gasteiger partial charge in [0.05, 0.1) is 6.10 Å². The quantitative estimate of drug-likeness (QED) is 0.859. The normalized spacial score (nSPS) is 14.0. The number of aliphatic hydroxyl groups excluding tert-OH is 1. The lowest BCUT2D eigenvalue weighted by Crippen LogP contribution is -2.24. The molecule has 1 unspecified atom stereocenters. The summed E-state index contributed by atoms with van der Waals surface area (Å²) in [6, 6.07) is 15.1. The molecule has 0 aliphatic heterocycles. The maximum atomic E-state index is 10.1. The van der Waals surface area contributed by atoms with E-state index in [1.54, 1.807) is 12.1 Å². The van der Waals surface area contributed by atoms with Crippen molar-refractivity contribution in [2.24, 2.45) is 0 Å². The monoisotopic (exact) mass is 309 g/mol. The lowest BCUT2D eigenvalue weighted by atomic mass is 10.1. The Hall–Kier alpha value is -1.06. The maximum absolute atomic E-state index is 10.1. The zero-order valence-corrected chi connectivity index (χ0v) is 12.7. The van der Waals surface area contributed by atoms with Gasteiger partial charge in [0.15, 0.2) is 0 Å². The first-order chi connectivity index (χ1) is 9.56. The predicted octanol–water partition coefficient (Wildman–Crippen LogP) is 4.38. The molecule has 2 nitrogen and oxygen atoms in total. The van der Waals surface area contributed by atoms with Crippen LogP contribution in [0, 0.1) is 0 Å². The van der Waals surface area contributed by atoms with Crippen LogP contribution in [0.1, 0.15) is 30.2 Å². The van der Waals surface area contributed by atoms with Crippen LogP contribution in [-0.4, -0.2) is 11.7 Å². The second kappa shape index (κ2) is 7.09. The van der Waals surface area contributed by atoms with Crippen LogP contribution in [-0.2, 0) is 0 Å². The van der Waals surface area contributed by atoms with Crippen LogP contribution in [0.4, 0.5) is 0 Å². The highest BCUT2D eigenvalue weighted by molar-refractivity contribution is 6.30. The van der Waals surface area contributed by atoms with Gasteiger partial charge >= 0.3 is 0 Å². The fourth-order valence-corrected chi connectivity index (χ4v) is 2.21. The summed E-state index contributed by atoms with van der Waals surface area (Å²) in [5, 5.41) is 14.8. The molecule has 0 radical (unpaired) electrons. The van der Waals surface area contributed by atoms with E-state index in [-0.39, 0.29) is 6.04 Å². The number of halogens is 2. The molecule has 4 heteroatoms. The van der Waals surface area contributed by atoms with Crippen LogP contribution in [0.2, 0.25) is 10.0 Å². The highest BCUT2D eigenvalue weighted by Crippen LogP contribution is 2.19. The van der Waals surface area contributed by atoms with Crippen LogP contribution in [0.25, 0.3) is 0 Å². The van der Waals surface area contributed by atoms with Crippen molar-refractivity contribution < 1.29 is 5.11 Å². The summed E-state index contributed by atoms with van der Waals surface area (Å²) in [4.78, 5) is 0. The molecule has 0 fully saturated rings. The van der Waals surface area contributed by atoms with E-state index in [0.717, 1.165) is 16.1 Å². The van der Waals surface area contributed by atoms with Gasteiger partial charge in [-0.3, -0.25) is 0 Å². The standard InChI is InChI=1S/C16H17Cl2NO/c1-11(12-2-6-14(17)7-3-12)19-10-16(20)13-4-8-15(18)9-5-13/h2-9,11,16,19-20H,10H2,1H3/t11-,16?/m0/s1. The van der Waals surface area contributed by atoms with Crippen molar-refractivity contribution in [3.63, 3.8) is 0 Å². The molecule has 0 amide bonds. The SMILES string of the molecule is C[C@H](NCC(O)c1ccc(Cl)cc1)c1ccc(Cl)cc1. The molecule has 0 aliphatic carbocycles. The van der Waals surface area contributed by atoms with Gasteiger partial charge in [0.2, 0.25) is 0 Å². The number of aliphatic hydroxyl groups is 1. The molecule has 0 saturated carbocycles. The summed E-state index contributed by atoms with van der Waals surface area (Å²) in [5.41, 5.74) is 1.99. The summed E-state index contributed by atoms with van der Waals surface area (Å²) < 4.78 is 0. The highest BCUT2D eigenvalue weighted by atomic mass is 35.5. The smallest absolute Gasteiger partial charge is 0.0914 e. The average molecular weight is 310 g/mol. The molecule has 2 atom stereocenters. The van der Waals surface area contributed by atoms with Crippen molar-refractivity contribution in [2.45, 2.75) is 19.1 Å². The van der Waals surface area contributed by atoms with Crippen molar-refractivity contribution in [2.75, 3.05) is 6.54 Å². The van der Waals surface area contributed by atoms with E-state index in [4.69, 9.17) is 23.2 Å². The zero-order chi connectivity index (χ0) is 14.5. The first-order valence-corrected chi connectivity index (χ1v) is 7.24. The summed E-state index contributed by atoms with van der Waals surface area (Å²) >= 11 is 11.7. The molecule has 106 valence electrons. The summed E-state index contributed by atoms with van der Waals surface area (Å²) in [6.45, 7) is 2.53. The first kappa shape index (κ1) is 15.3. The minimum absolute atomic E-state index is 0.147. The van der Waals surface area contributed by atoms with Gasteiger partial charge in [0.1, 0.15) is 0 Å². The third kappa shape index (κ3) is 4.22. The largest absolute Gasteiger partial charge is 0.387 e. The first-order valence-electron chi connectivity index (χ1n) is 6.48. The van der Waals surface area contributed by atoms with Crippen molar-refractivity contribution in [1.82, 2.24) is 5.32 Å². The second-order valence-electron chi connectivity index (χ2n) is 4.75. The van der Waals surface area contributed by atoms with Gasteiger partial charge in [-0.15, -0.1) is 0 Å². The molecular formula is C16H17Cl2NO. The Bertz CT molecular complexity index is 488. The second-order valence-corrected chi connectivity index (χ2v) is 5.62. The lowest BCUT2D eigenvalue weighted by Gasteiger charge is -2.18. The molecule has 2 rings (SSSR count). The molecule has 0 heterocycles. The summed E-state index contributed by atoms with van der Waals surface area (Å²) in [7, 11) is 0. The Morgan fingerprint density at radius 3 is 1.85 bits per heavy atom. The predicted molar refractivity (Wildman–Crippen MR) is 84.3 cm³/mol. The molecule has 20 heavy (non-hydrogen) atoms. The van der Waals surface area contributed by atoms with Gasteiger partial charge in [-0.05, 0) is 42.3 Å². The van der Waals surface area contributed by atoms with Gasteiger partial charge < -0.3 is 10.4 Å². The third-order valence-corrected chi connectivity index (χ3v) is 3.75. The van der Waals surface area contributed by atoms with E-state index >= 15 is 0 Å². The average Bonchev–Trinajstić information content (AvgIpc) is 2.46. The summed E-state index contributed by atoms with van der Waals surface area (Å²) in [5.74, 6) is 0. The van der Waals surface area contributed by atoms with E-state index in [2.05, 4.69) is 12.2 Å². The van der Waals surface area contributed by atoms with E-state index in [9.17, 15) is 5.11 Å². The van der Waals surface area contributed by atoms with Gasteiger partial charge in [0, 0.05) is 22.6 Å². The van der Waals surface area contributed by atoms with E-state index in [1.807, 2.05) is 36.4 Å². The van der Waals surface area contributed by atoms with E-state index in [0.29, 0.717) is 11.6 Å². The van der Waals surface area contributed by atoms with Crippen molar-refractivity contribution in [3.8, 4) is 0 Å². The Labute approximate surface area is 129 Å². The Morgan fingerprint density at radius 1 is 0.900 bits per heavy atom. The van der Waals surface area contributed by atoms with Crippen molar-refractivity contribution in [3.05, 3.63) is 69.7 Å². The molecule has 2 aromatic rings. The van der Waals surface area contributed by atoms with Crippen LogP contribution < -0.4 is 5.32 Å². The fourth-order valence-electron chi connectivity index (χ4n) is 1.96. The lowest BCUT2D eigenvalue weighted by molar-refractivity contribution is 0.171. The molecule has 0 saturated heterocycles. The van der Waals surface area contributed by atoms with Crippen molar-refractivity contribution in [1.29, 1.82) is 0 Å². The number of benzene rings is 2. The van der Waals surface area contributed by atoms with Crippen LogP contribution in [0.15, 0.2) is 48.5 Å². The molecule has 0 aliphatic rings. The zero-order valence-electron chi connectivity index (χ0n) is 11.2. The Balaban J connectivity index is 1.91. The molecule has 2 N–H and O–H groups in total. The van der Waals surface area contributed by atoms with E-state index < -0.39 is 6.10 Å². The number of rotatable bonds is 5. The van der Waals surface area contributed by atoms with Gasteiger partial charge in [-0.2, -0.15) is 0 Å². The van der Waals surface area contributed by atoms with Gasteiger partial charge in [-0.25, -0.2) is 0 Å². The maximum Gasteiger partial charge on any atom is 0.0914 e. The topological polar surface area (TPSA) is 32.3 Å².